The zero-order valence-electron chi connectivity index (χ0n) is 17.6. The number of H-pyrrole nitrogens is 1. The number of carbonyl (C=O) groups is 2. The predicted octanol–water partition coefficient (Wildman–Crippen LogP) is 5.42. The van der Waals surface area contributed by atoms with Crippen LogP contribution in [0.4, 0.5) is 5.69 Å². The molecule has 7 rings (SSSR count). The second kappa shape index (κ2) is 7.47. The van der Waals surface area contributed by atoms with Gasteiger partial charge >= 0.3 is 4.87 Å². The summed E-state index contributed by atoms with van der Waals surface area (Å²) in [6, 6.07) is 14.7. The number of imide groups is 1. The van der Waals surface area contributed by atoms with Crippen LogP contribution in [-0.4, -0.2) is 22.0 Å². The number of amides is 2. The van der Waals surface area contributed by atoms with E-state index in [1.807, 2.05) is 24.3 Å². The first-order chi connectivity index (χ1) is 16.4. The summed E-state index contributed by atoms with van der Waals surface area (Å²) in [6.45, 7) is 0. The summed E-state index contributed by atoms with van der Waals surface area (Å²) in [5.41, 5.74) is 1.69. The van der Waals surface area contributed by atoms with Gasteiger partial charge in [-0.25, -0.2) is 0 Å². The van der Waals surface area contributed by atoms with E-state index in [0.717, 1.165) is 21.9 Å². The van der Waals surface area contributed by atoms with Gasteiger partial charge in [-0.3, -0.25) is 19.3 Å². The molecule has 1 aromatic heterocycles. The van der Waals surface area contributed by atoms with E-state index in [1.54, 1.807) is 36.0 Å². The summed E-state index contributed by atoms with van der Waals surface area (Å²) < 4.78 is 0. The Hall–Kier alpha value is -2.06. The van der Waals surface area contributed by atoms with Crippen molar-refractivity contribution >= 4 is 63.8 Å². The van der Waals surface area contributed by atoms with Crippen molar-refractivity contribution in [3.8, 4) is 0 Å². The van der Waals surface area contributed by atoms with E-state index < -0.39 is 0 Å². The van der Waals surface area contributed by atoms with Crippen molar-refractivity contribution in [1.29, 1.82) is 0 Å². The van der Waals surface area contributed by atoms with Crippen molar-refractivity contribution in [2.45, 2.75) is 22.6 Å². The lowest BCUT2D eigenvalue weighted by Crippen LogP contribution is -2.42. The van der Waals surface area contributed by atoms with Gasteiger partial charge in [0.25, 0.3) is 0 Å². The Morgan fingerprint density at radius 2 is 1.47 bits per heavy atom. The summed E-state index contributed by atoms with van der Waals surface area (Å²) in [7, 11) is 0. The maximum absolute atomic E-state index is 13.7. The summed E-state index contributed by atoms with van der Waals surface area (Å²) in [5.74, 6) is -0.448. The van der Waals surface area contributed by atoms with E-state index in [9.17, 15) is 14.4 Å². The highest BCUT2D eigenvalue weighted by atomic mass is 35.5. The van der Waals surface area contributed by atoms with Gasteiger partial charge in [0.15, 0.2) is 0 Å². The van der Waals surface area contributed by atoms with E-state index >= 15 is 0 Å². The van der Waals surface area contributed by atoms with Crippen LogP contribution in [0.15, 0.2) is 58.4 Å². The number of carbonyl (C=O) groups excluding carboxylic acids is 2. The van der Waals surface area contributed by atoms with Crippen LogP contribution >= 0.6 is 46.3 Å². The first-order valence-electron chi connectivity index (χ1n) is 11.2. The fourth-order valence-corrected chi connectivity index (χ4v) is 10.0. The quantitative estimate of drug-likeness (QED) is 0.450. The molecule has 3 heterocycles. The lowest BCUT2D eigenvalue weighted by molar-refractivity contribution is -0.123. The SMILES string of the molecule is O=C1[C@@H]2[C@H]3C[C@@H]([C@@H]2C(=O)N1c1ccc(Cl)cc1)[C@@H]1[C@H](c2ccc(Cl)cc2)c2sc(=O)[nH]c2S[C@@H]31. The lowest BCUT2D eigenvalue weighted by Gasteiger charge is -2.43. The third-order valence-corrected chi connectivity index (χ3v) is 11.1. The van der Waals surface area contributed by atoms with Crippen LogP contribution in [0.1, 0.15) is 22.8 Å². The van der Waals surface area contributed by atoms with Crippen molar-refractivity contribution in [3.05, 3.63) is 78.7 Å². The molecule has 2 aliphatic heterocycles. The second-order valence-electron chi connectivity index (χ2n) is 9.50. The number of anilines is 1. The predicted molar refractivity (Wildman–Crippen MR) is 134 cm³/mol. The van der Waals surface area contributed by atoms with Gasteiger partial charge in [0.05, 0.1) is 22.5 Å². The lowest BCUT2D eigenvalue weighted by atomic mass is 9.68. The molecule has 3 aromatic rings. The van der Waals surface area contributed by atoms with E-state index in [-0.39, 0.29) is 57.4 Å². The Bertz CT molecular complexity index is 1400. The Kier molecular flexibility index (Phi) is 4.67. The van der Waals surface area contributed by atoms with Crippen molar-refractivity contribution in [1.82, 2.24) is 4.98 Å². The van der Waals surface area contributed by atoms with Crippen molar-refractivity contribution in [2.24, 2.45) is 29.6 Å². The second-order valence-corrected chi connectivity index (χ2v) is 12.6. The fourth-order valence-electron chi connectivity index (χ4n) is 6.90. The number of halogens is 2. The molecule has 7 atom stereocenters. The number of nitrogens with zero attached hydrogens (tertiary/aromatic N) is 1. The highest BCUT2D eigenvalue weighted by molar-refractivity contribution is 8.00. The van der Waals surface area contributed by atoms with Gasteiger partial charge in [-0.2, -0.15) is 0 Å². The Labute approximate surface area is 213 Å². The van der Waals surface area contributed by atoms with Crippen LogP contribution in [0.3, 0.4) is 0 Å². The zero-order valence-corrected chi connectivity index (χ0v) is 20.8. The summed E-state index contributed by atoms with van der Waals surface area (Å²) >= 11 is 15.2. The van der Waals surface area contributed by atoms with Gasteiger partial charge in [-0.1, -0.05) is 46.7 Å². The molecule has 172 valence electrons. The summed E-state index contributed by atoms with van der Waals surface area (Å²) in [5, 5.41) is 2.31. The Morgan fingerprint density at radius 3 is 2.15 bits per heavy atom. The molecule has 2 amide bonds. The minimum Gasteiger partial charge on any atom is -0.307 e. The molecule has 4 aliphatic rings. The minimum atomic E-state index is -0.318. The largest absolute Gasteiger partial charge is 0.307 e. The van der Waals surface area contributed by atoms with Gasteiger partial charge in [0.2, 0.25) is 11.8 Å². The standard InChI is InChI=1S/C25H18Cl2N2O3S2/c26-11-3-1-10(2-4-11)16-17-14-9-15(20(17)33-22-21(16)34-25(32)28-22)19-18(14)23(30)29(24(19)31)13-7-5-12(27)6-8-13/h1-8,14-20H,9H2,(H,28,32)/t14-,15-,16+,17-,18+,19-,20+/m1/s1. The number of hydrogen-bond donors (Lipinski definition) is 1. The number of rotatable bonds is 2. The highest BCUT2D eigenvalue weighted by Gasteiger charge is 2.69. The van der Waals surface area contributed by atoms with Gasteiger partial charge in [0, 0.05) is 26.1 Å². The van der Waals surface area contributed by atoms with Gasteiger partial charge in [0.1, 0.15) is 0 Å². The first-order valence-corrected chi connectivity index (χ1v) is 13.7. The van der Waals surface area contributed by atoms with E-state index in [4.69, 9.17) is 23.2 Å². The van der Waals surface area contributed by atoms with E-state index in [2.05, 4.69) is 4.98 Å². The van der Waals surface area contributed by atoms with Crippen LogP contribution in [0.25, 0.3) is 0 Å². The van der Waals surface area contributed by atoms with Gasteiger partial charge in [-0.05, 0) is 66.1 Å². The van der Waals surface area contributed by atoms with Crippen molar-refractivity contribution in [2.75, 3.05) is 4.90 Å². The molecule has 0 spiro atoms. The van der Waals surface area contributed by atoms with Crippen LogP contribution < -0.4 is 9.77 Å². The molecule has 1 saturated heterocycles. The van der Waals surface area contributed by atoms with Gasteiger partial charge < -0.3 is 4.98 Å². The first kappa shape index (κ1) is 21.2. The topological polar surface area (TPSA) is 70.2 Å². The maximum Gasteiger partial charge on any atom is 0.305 e. The highest BCUT2D eigenvalue weighted by Crippen LogP contribution is 2.68. The molecule has 5 nitrogen and oxygen atoms in total. The average Bonchev–Trinajstić information content (AvgIpc) is 3.54. The maximum atomic E-state index is 13.7. The van der Waals surface area contributed by atoms with Crippen LogP contribution in [-0.2, 0) is 9.59 Å². The molecule has 2 saturated carbocycles. The third-order valence-electron chi connectivity index (χ3n) is 8.04. The third kappa shape index (κ3) is 2.84. The van der Waals surface area contributed by atoms with Gasteiger partial charge in [-0.15, -0.1) is 11.8 Å². The molecule has 0 unspecified atom stereocenters. The normalized spacial score (nSPS) is 33.2. The van der Waals surface area contributed by atoms with Crippen LogP contribution in [0, 0.1) is 29.6 Å². The summed E-state index contributed by atoms with van der Waals surface area (Å²) in [4.78, 5) is 44.9. The Balaban J connectivity index is 1.32. The number of benzene rings is 2. The van der Waals surface area contributed by atoms with Crippen LogP contribution in [0.5, 0.6) is 0 Å². The average molecular weight is 529 g/mol. The fraction of sp³-hybridized carbons (Fsp3) is 0.320. The van der Waals surface area contributed by atoms with E-state index in [0.29, 0.717) is 15.7 Å². The molecular formula is C25H18Cl2N2O3S2. The molecule has 2 aromatic carbocycles. The zero-order chi connectivity index (χ0) is 23.3. The number of thioether (sulfide) groups is 1. The number of nitrogens with one attached hydrogen (secondary N) is 1. The molecule has 3 fully saturated rings. The van der Waals surface area contributed by atoms with Crippen LogP contribution in [0.2, 0.25) is 10.0 Å². The smallest absolute Gasteiger partial charge is 0.305 e. The minimum absolute atomic E-state index is 0.00546. The molecule has 2 aliphatic carbocycles. The number of fused-ring (bicyclic) bond motifs is 9. The number of thiazole rings is 1. The monoisotopic (exact) mass is 528 g/mol. The molecular weight excluding hydrogens is 511 g/mol. The number of hydrogen-bond acceptors (Lipinski definition) is 5. The Morgan fingerprint density at radius 1 is 0.853 bits per heavy atom. The molecule has 34 heavy (non-hydrogen) atoms. The molecule has 1 N–H and O–H groups in total. The molecule has 2 bridgehead atoms. The van der Waals surface area contributed by atoms with E-state index in [1.165, 1.54) is 16.2 Å². The van der Waals surface area contributed by atoms with Crippen molar-refractivity contribution in [3.63, 3.8) is 0 Å². The number of aromatic amines is 1. The molecule has 9 heteroatoms. The molecule has 0 radical (unpaired) electrons. The van der Waals surface area contributed by atoms with Crippen molar-refractivity contribution < 1.29 is 9.59 Å². The summed E-state index contributed by atoms with van der Waals surface area (Å²) in [6.07, 6.45) is 0.868. The number of aromatic nitrogens is 1.